The average Bonchev–Trinajstić information content (AvgIpc) is 3.19. The lowest BCUT2D eigenvalue weighted by Gasteiger charge is -2.04. The van der Waals surface area contributed by atoms with Crippen LogP contribution in [0.15, 0.2) is 51.8 Å². The van der Waals surface area contributed by atoms with Crippen molar-refractivity contribution in [2.45, 2.75) is 5.16 Å². The van der Waals surface area contributed by atoms with E-state index in [0.717, 1.165) is 22.2 Å². The minimum atomic E-state index is -1.26. The first-order valence-corrected chi connectivity index (χ1v) is 8.52. The molecule has 8 heteroatoms. The summed E-state index contributed by atoms with van der Waals surface area (Å²) < 4.78 is 0. The van der Waals surface area contributed by atoms with Gasteiger partial charge in [-0.15, -0.1) is 16.4 Å². The van der Waals surface area contributed by atoms with Gasteiger partial charge in [-0.3, -0.25) is 5.10 Å². The number of thioether (sulfide) groups is 1. The smallest absolute Gasteiger partial charge is 0.213 e. The Morgan fingerprint density at radius 3 is 2.74 bits per heavy atom. The third-order valence-electron chi connectivity index (χ3n) is 2.80. The number of aliphatic carboxylic acids is 1. The minimum Gasteiger partial charge on any atom is -0.544 e. The van der Waals surface area contributed by atoms with E-state index in [9.17, 15) is 9.90 Å². The van der Waals surface area contributed by atoms with Crippen molar-refractivity contribution in [2.75, 3.05) is 0 Å². The van der Waals surface area contributed by atoms with E-state index in [4.69, 9.17) is 11.6 Å². The zero-order chi connectivity index (χ0) is 16.2. The lowest BCUT2D eigenvalue weighted by atomic mass is 10.2. The fraction of sp³-hybridized carbons (Fsp3) is 0. The number of carboxylic acids is 1. The highest BCUT2D eigenvalue weighted by molar-refractivity contribution is 8.04. The maximum Gasteiger partial charge on any atom is 0.213 e. The normalized spacial score (nSPS) is 11.6. The van der Waals surface area contributed by atoms with Crippen molar-refractivity contribution < 1.29 is 9.90 Å². The second-order valence-corrected chi connectivity index (χ2v) is 6.81. The number of nitrogens with zero attached hydrogens (tertiary/aromatic N) is 2. The van der Waals surface area contributed by atoms with Crippen LogP contribution >= 0.6 is 34.7 Å². The molecule has 1 aromatic carbocycles. The maximum absolute atomic E-state index is 11.3. The summed E-state index contributed by atoms with van der Waals surface area (Å²) in [5.41, 5.74) is 0.811. The van der Waals surface area contributed by atoms with E-state index in [1.807, 2.05) is 17.5 Å². The van der Waals surface area contributed by atoms with Gasteiger partial charge in [0, 0.05) is 20.4 Å². The van der Waals surface area contributed by atoms with Gasteiger partial charge in [-0.2, -0.15) is 0 Å². The third kappa shape index (κ3) is 4.01. The van der Waals surface area contributed by atoms with Gasteiger partial charge in [0.15, 0.2) is 5.82 Å². The molecule has 0 aliphatic rings. The zero-order valence-electron chi connectivity index (χ0n) is 11.5. The van der Waals surface area contributed by atoms with Gasteiger partial charge in [0.2, 0.25) is 5.16 Å². The van der Waals surface area contributed by atoms with Crippen molar-refractivity contribution in [3.05, 3.63) is 56.6 Å². The van der Waals surface area contributed by atoms with Crippen LogP contribution in [0.5, 0.6) is 0 Å². The molecule has 1 N–H and O–H groups in total. The number of halogens is 1. The summed E-state index contributed by atoms with van der Waals surface area (Å²) in [6.45, 7) is 0. The van der Waals surface area contributed by atoms with Crippen LogP contribution in [0.1, 0.15) is 4.88 Å². The largest absolute Gasteiger partial charge is 0.544 e. The molecule has 5 nitrogen and oxygen atoms in total. The van der Waals surface area contributed by atoms with Gasteiger partial charge in [0.1, 0.15) is 0 Å². The number of carbonyl (C=O) groups is 1. The van der Waals surface area contributed by atoms with Crippen LogP contribution < -0.4 is 5.11 Å². The number of aromatic nitrogens is 3. The third-order valence-corrected chi connectivity index (χ3v) is 4.74. The summed E-state index contributed by atoms with van der Waals surface area (Å²) in [4.78, 5) is 16.4. The number of carbonyl (C=O) groups excluding carboxylic acids is 1. The number of nitrogens with one attached hydrogen (secondary N) is 1. The molecule has 0 bridgehead atoms. The van der Waals surface area contributed by atoms with Crippen LogP contribution in [-0.2, 0) is 4.79 Å². The fourth-order valence-corrected chi connectivity index (χ4v) is 3.31. The van der Waals surface area contributed by atoms with Crippen molar-refractivity contribution in [2.24, 2.45) is 0 Å². The lowest BCUT2D eigenvalue weighted by molar-refractivity contribution is -0.297. The van der Waals surface area contributed by atoms with Gasteiger partial charge >= 0.3 is 0 Å². The number of benzene rings is 1. The maximum atomic E-state index is 11.3. The van der Waals surface area contributed by atoms with E-state index in [1.165, 1.54) is 11.3 Å². The van der Waals surface area contributed by atoms with E-state index < -0.39 is 5.97 Å². The number of carboxylic acid groups (broad SMARTS) is 1. The molecule has 116 valence electrons. The average molecular weight is 363 g/mol. The molecule has 3 aromatic rings. The molecule has 23 heavy (non-hydrogen) atoms. The molecule has 0 radical (unpaired) electrons. The standard InChI is InChI=1S/C15H10ClN3O2S2/c16-10-5-3-9(4-6-10)13-17-15(19-18-13)23-12(14(20)21)8-11-2-1-7-22-11/h1-8H,(H,20,21)(H,17,18,19)/p-1/b12-8-. The second kappa shape index (κ2) is 6.99. The molecule has 0 unspecified atom stereocenters. The Hall–Kier alpha value is -2.09. The zero-order valence-corrected chi connectivity index (χ0v) is 13.9. The van der Waals surface area contributed by atoms with Crippen LogP contribution in [0.4, 0.5) is 0 Å². The predicted octanol–water partition coefficient (Wildman–Crippen LogP) is 3.07. The van der Waals surface area contributed by atoms with Gasteiger partial charge in [0.05, 0.1) is 5.97 Å². The predicted molar refractivity (Wildman–Crippen MR) is 90.0 cm³/mol. The molecule has 0 fully saturated rings. The quantitative estimate of drug-likeness (QED) is 0.557. The van der Waals surface area contributed by atoms with Crippen LogP contribution in [0.3, 0.4) is 0 Å². The molecule has 0 saturated heterocycles. The van der Waals surface area contributed by atoms with Crippen molar-refractivity contribution in [1.29, 1.82) is 0 Å². The monoisotopic (exact) mass is 362 g/mol. The Labute approximate surface area is 145 Å². The lowest BCUT2D eigenvalue weighted by Crippen LogP contribution is -2.23. The Balaban J connectivity index is 1.82. The van der Waals surface area contributed by atoms with Gasteiger partial charge in [0.25, 0.3) is 0 Å². The molecular formula is C15H9ClN3O2S2-. The SMILES string of the molecule is O=C([O-])/C(=C/c1cccs1)Sc1n[nH]c(-c2ccc(Cl)cc2)n1. The van der Waals surface area contributed by atoms with Crippen molar-refractivity contribution in [3.8, 4) is 11.4 Å². The molecule has 0 saturated carbocycles. The highest BCUT2D eigenvalue weighted by Crippen LogP contribution is 2.28. The van der Waals surface area contributed by atoms with E-state index in [-0.39, 0.29) is 4.91 Å². The van der Waals surface area contributed by atoms with Crippen LogP contribution in [0.2, 0.25) is 5.02 Å². The van der Waals surface area contributed by atoms with Gasteiger partial charge in [-0.25, -0.2) is 4.98 Å². The second-order valence-electron chi connectivity index (χ2n) is 4.39. The van der Waals surface area contributed by atoms with E-state index >= 15 is 0 Å². The van der Waals surface area contributed by atoms with E-state index in [0.29, 0.717) is 16.0 Å². The van der Waals surface area contributed by atoms with Gasteiger partial charge < -0.3 is 9.90 Å². The highest BCUT2D eigenvalue weighted by Gasteiger charge is 2.10. The first-order chi connectivity index (χ1) is 11.1. The van der Waals surface area contributed by atoms with Gasteiger partial charge in [-0.1, -0.05) is 17.7 Å². The molecule has 0 spiro atoms. The Morgan fingerprint density at radius 1 is 1.30 bits per heavy atom. The summed E-state index contributed by atoms with van der Waals surface area (Å²) in [7, 11) is 0. The number of aromatic amines is 1. The molecule has 0 aliphatic carbocycles. The van der Waals surface area contributed by atoms with Crippen LogP contribution in [0, 0.1) is 0 Å². The highest BCUT2D eigenvalue weighted by atomic mass is 35.5. The molecule has 0 aliphatic heterocycles. The molecule has 0 amide bonds. The van der Waals surface area contributed by atoms with E-state index in [2.05, 4.69) is 15.2 Å². The van der Waals surface area contributed by atoms with Crippen LogP contribution in [0.25, 0.3) is 17.5 Å². The van der Waals surface area contributed by atoms with Crippen LogP contribution in [-0.4, -0.2) is 21.2 Å². The van der Waals surface area contributed by atoms with Crippen molar-refractivity contribution >= 4 is 46.7 Å². The number of H-pyrrole nitrogens is 1. The molecule has 0 atom stereocenters. The summed E-state index contributed by atoms with van der Waals surface area (Å²) in [6, 6.07) is 10.8. The number of thiophene rings is 1. The van der Waals surface area contributed by atoms with E-state index in [1.54, 1.807) is 30.3 Å². The summed E-state index contributed by atoms with van der Waals surface area (Å²) in [5, 5.41) is 20.9. The first kappa shape index (κ1) is 15.8. The van der Waals surface area contributed by atoms with Gasteiger partial charge in [-0.05, 0) is 53.5 Å². The molecule has 3 rings (SSSR count). The molecule has 2 heterocycles. The number of hydrogen-bond acceptors (Lipinski definition) is 6. The minimum absolute atomic E-state index is 0.0501. The van der Waals surface area contributed by atoms with Crippen molar-refractivity contribution in [1.82, 2.24) is 15.2 Å². The summed E-state index contributed by atoms with van der Waals surface area (Å²) in [5.74, 6) is -0.723. The summed E-state index contributed by atoms with van der Waals surface area (Å²) in [6.07, 6.45) is 1.54. The molecule has 2 aromatic heterocycles. The van der Waals surface area contributed by atoms with Crippen molar-refractivity contribution in [3.63, 3.8) is 0 Å². The first-order valence-electron chi connectivity index (χ1n) is 6.44. The topological polar surface area (TPSA) is 81.7 Å². The summed E-state index contributed by atoms with van der Waals surface area (Å²) >= 11 is 8.23. The molecular weight excluding hydrogens is 354 g/mol. The number of rotatable bonds is 5. The Kier molecular flexibility index (Phi) is 4.80. The number of hydrogen-bond donors (Lipinski definition) is 1. The fourth-order valence-electron chi connectivity index (χ4n) is 1.76. The Morgan fingerprint density at radius 2 is 2.09 bits per heavy atom. The Bertz CT molecular complexity index is 842.